The van der Waals surface area contributed by atoms with Crippen LogP contribution in [-0.2, 0) is 0 Å². The van der Waals surface area contributed by atoms with Gasteiger partial charge in [-0.25, -0.2) is 0 Å². The molecule has 10 heavy (non-hydrogen) atoms. The van der Waals surface area contributed by atoms with Crippen molar-refractivity contribution < 1.29 is 0 Å². The fraction of sp³-hybridized carbons (Fsp3) is 0. The van der Waals surface area contributed by atoms with Gasteiger partial charge in [0.25, 0.3) is 0 Å². The van der Waals surface area contributed by atoms with Crippen LogP contribution in [0, 0.1) is 21.3 Å². The largest absolute Gasteiger partial charge is 0.274 e. The van der Waals surface area contributed by atoms with E-state index in [9.17, 15) is 0 Å². The van der Waals surface area contributed by atoms with Crippen LogP contribution in [0.25, 0.3) is 0 Å². The van der Waals surface area contributed by atoms with Gasteiger partial charge in [0.1, 0.15) is 10.8 Å². The summed E-state index contributed by atoms with van der Waals surface area (Å²) in [6.07, 6.45) is 0. The molecule has 6 nitrogen and oxygen atoms in total. The van der Waals surface area contributed by atoms with Gasteiger partial charge < -0.3 is 0 Å². The number of hydrogen-bond acceptors (Lipinski definition) is 8. The molecule has 8 N–H and O–H groups in total. The molecule has 0 saturated heterocycles. The van der Waals surface area contributed by atoms with E-state index in [2.05, 4.69) is 48.6 Å². The molecule has 0 aromatic carbocycles. The summed E-state index contributed by atoms with van der Waals surface area (Å²) in [5, 5.41) is 17.3. The monoisotopic (exact) mass is 182 g/mol. The molecular weight excluding hydrogens is 172 g/mol. The van der Waals surface area contributed by atoms with Crippen LogP contribution in [-0.4, -0.2) is 0 Å². The molecule has 0 unspecified atom stereocenters. The van der Waals surface area contributed by atoms with E-state index in [0.29, 0.717) is 0 Å². The Morgan fingerprint density at radius 2 is 0.800 bits per heavy atom. The summed E-state index contributed by atoms with van der Waals surface area (Å²) in [6.45, 7) is 0. The summed E-state index contributed by atoms with van der Waals surface area (Å²) >= 11 is 6.19. The van der Waals surface area contributed by atoms with E-state index < -0.39 is 0 Å². The third-order valence-electron chi connectivity index (χ3n) is 0. The third kappa shape index (κ3) is 1390. The maximum absolute atomic E-state index is 7.18. The number of thiocyanates is 2. The van der Waals surface area contributed by atoms with Crippen molar-refractivity contribution >= 4 is 25.3 Å². The predicted molar refractivity (Wildman–Crippen MR) is 45.9 cm³/mol. The second-order valence-electron chi connectivity index (χ2n) is 0.200. The summed E-state index contributed by atoms with van der Waals surface area (Å²) in [5.74, 6) is 16.0. The molecule has 0 rings (SSSR count). The van der Waals surface area contributed by atoms with Gasteiger partial charge in [-0.3, -0.25) is 23.4 Å². The molecule has 0 aliphatic carbocycles. The van der Waals surface area contributed by atoms with Crippen molar-refractivity contribution in [2.45, 2.75) is 0 Å². The van der Waals surface area contributed by atoms with E-state index in [0.717, 1.165) is 0 Å². The number of thiol groups is 2. The van der Waals surface area contributed by atoms with Gasteiger partial charge in [0, 0.05) is 0 Å². The highest BCUT2D eigenvalue weighted by atomic mass is 32.1. The fourth-order valence-corrected chi connectivity index (χ4v) is 0. The third-order valence-corrected chi connectivity index (χ3v) is 0. The number of nitrogens with zero attached hydrogens (tertiary/aromatic N) is 2. The summed E-state index contributed by atoms with van der Waals surface area (Å²) in [6, 6.07) is 0. The Morgan fingerprint density at radius 3 is 0.800 bits per heavy atom. The Hall–Kier alpha value is -0.480. The first-order valence-corrected chi connectivity index (χ1v) is 2.46. The Labute approximate surface area is 70.5 Å². The van der Waals surface area contributed by atoms with Crippen molar-refractivity contribution in [3.8, 4) is 10.8 Å². The van der Waals surface area contributed by atoms with Crippen LogP contribution in [0.15, 0.2) is 0 Å². The molecule has 0 fully saturated rings. The maximum Gasteiger partial charge on any atom is 0.130 e. The molecule has 60 valence electrons. The molecule has 0 aliphatic heterocycles. The Balaban J connectivity index is -0.0000000246. The SMILES string of the molecule is N#CS.N#CS.NN.NN. The number of nitriles is 2. The van der Waals surface area contributed by atoms with Crippen molar-refractivity contribution in [2.75, 3.05) is 0 Å². The molecule has 0 aromatic heterocycles. The molecule has 8 heteroatoms. The highest BCUT2D eigenvalue weighted by molar-refractivity contribution is 7.85. The van der Waals surface area contributed by atoms with Crippen LogP contribution in [0.3, 0.4) is 0 Å². The van der Waals surface area contributed by atoms with Crippen LogP contribution in [0.4, 0.5) is 0 Å². The summed E-state index contributed by atoms with van der Waals surface area (Å²) in [4.78, 5) is 0. The maximum atomic E-state index is 7.18. The van der Waals surface area contributed by atoms with E-state index >= 15 is 0 Å². The fourth-order valence-electron chi connectivity index (χ4n) is 0. The second kappa shape index (κ2) is 209. The van der Waals surface area contributed by atoms with Gasteiger partial charge >= 0.3 is 0 Å². The Kier molecular flexibility index (Phi) is 473. The van der Waals surface area contributed by atoms with Gasteiger partial charge in [0.2, 0.25) is 0 Å². The minimum Gasteiger partial charge on any atom is -0.274 e. The normalized spacial score (nSPS) is 2.80. The zero-order valence-corrected chi connectivity index (χ0v) is 6.89. The zero-order chi connectivity index (χ0) is 9.41. The van der Waals surface area contributed by atoms with E-state index in [1.807, 2.05) is 0 Å². The predicted octanol–water partition coefficient (Wildman–Crippen LogP) is -1.57. The van der Waals surface area contributed by atoms with Gasteiger partial charge in [-0.05, 0) is 0 Å². The topological polar surface area (TPSA) is 152 Å². The number of hydrazine groups is 2. The molecule has 0 aliphatic rings. The number of hydrogen-bond donors (Lipinski definition) is 6. The summed E-state index contributed by atoms with van der Waals surface area (Å²) in [5.41, 5.74) is 0. The number of rotatable bonds is 0. The highest BCUT2D eigenvalue weighted by Crippen LogP contribution is 1.46. The molecule has 0 atom stereocenters. The zero-order valence-electron chi connectivity index (χ0n) is 5.10. The van der Waals surface area contributed by atoms with Crippen molar-refractivity contribution in [3.05, 3.63) is 0 Å². The molecule has 0 saturated carbocycles. The Bertz CT molecular complexity index is 68.7. The lowest BCUT2D eigenvalue weighted by Crippen LogP contribution is -2.02. The van der Waals surface area contributed by atoms with Crippen LogP contribution < -0.4 is 23.4 Å². The lowest BCUT2D eigenvalue weighted by atomic mass is 11.8. The second-order valence-corrected chi connectivity index (χ2v) is 0.600. The van der Waals surface area contributed by atoms with Crippen LogP contribution in [0.1, 0.15) is 0 Å². The van der Waals surface area contributed by atoms with Crippen LogP contribution >= 0.6 is 25.3 Å². The standard InChI is InChI=1S/2CHNS.2H4N2/c2*2-1-3;2*1-2/h2*3H;2*1-2H2. The van der Waals surface area contributed by atoms with Gasteiger partial charge in [-0.2, -0.15) is 10.5 Å². The molecule has 0 amide bonds. The van der Waals surface area contributed by atoms with Crippen LogP contribution in [0.5, 0.6) is 0 Å². The number of nitrogens with two attached hydrogens (primary N) is 4. The molecule has 0 radical (unpaired) electrons. The van der Waals surface area contributed by atoms with Gasteiger partial charge in [-0.1, -0.05) is 25.3 Å². The Morgan fingerprint density at radius 1 is 0.800 bits per heavy atom. The minimum atomic E-state index is 1.44. The smallest absolute Gasteiger partial charge is 0.130 e. The average Bonchev–Trinajstić information content (AvgIpc) is 1.99. The lowest BCUT2D eigenvalue weighted by Gasteiger charge is -1.27. The quantitative estimate of drug-likeness (QED) is 0.115. The first kappa shape index (κ1) is 22.7. The summed E-state index contributed by atoms with van der Waals surface area (Å²) < 4.78 is 0. The first-order chi connectivity index (χ1) is 4.83. The molecule has 0 heterocycles. The van der Waals surface area contributed by atoms with E-state index in [1.165, 1.54) is 10.8 Å². The minimum absolute atomic E-state index is 1.44. The van der Waals surface area contributed by atoms with Gasteiger partial charge in [0.05, 0.1) is 0 Å². The van der Waals surface area contributed by atoms with Gasteiger partial charge in [-0.15, -0.1) is 0 Å². The molecule has 0 bridgehead atoms. The molecule has 0 aromatic rings. The highest BCUT2D eigenvalue weighted by Gasteiger charge is 1.18. The lowest BCUT2D eigenvalue weighted by molar-refractivity contribution is 1.26. The summed E-state index contributed by atoms with van der Waals surface area (Å²) in [7, 11) is 0. The van der Waals surface area contributed by atoms with Crippen molar-refractivity contribution in [1.82, 2.24) is 0 Å². The molecular formula is C2H10N6S2. The van der Waals surface area contributed by atoms with Crippen molar-refractivity contribution in [2.24, 2.45) is 23.4 Å². The van der Waals surface area contributed by atoms with Gasteiger partial charge in [0.15, 0.2) is 0 Å². The van der Waals surface area contributed by atoms with Crippen molar-refractivity contribution in [3.63, 3.8) is 0 Å². The van der Waals surface area contributed by atoms with Crippen LogP contribution in [0.2, 0.25) is 0 Å². The van der Waals surface area contributed by atoms with E-state index in [4.69, 9.17) is 10.5 Å². The average molecular weight is 182 g/mol. The van der Waals surface area contributed by atoms with E-state index in [-0.39, 0.29) is 0 Å². The van der Waals surface area contributed by atoms with Crippen molar-refractivity contribution in [1.29, 1.82) is 10.5 Å². The van der Waals surface area contributed by atoms with E-state index in [1.54, 1.807) is 0 Å². The first-order valence-electron chi connectivity index (χ1n) is 1.56. The molecule has 0 spiro atoms.